The Kier molecular flexibility index (Phi) is 6.76. The maximum atomic E-state index is 12.4. The van der Waals surface area contributed by atoms with Crippen LogP contribution in [0.2, 0.25) is 0 Å². The summed E-state index contributed by atoms with van der Waals surface area (Å²) in [5.41, 5.74) is 4.29. The first kappa shape index (κ1) is 24.7. The van der Waals surface area contributed by atoms with Gasteiger partial charge in [-0.3, -0.25) is 4.68 Å². The Morgan fingerprint density at radius 3 is 2.59 bits per heavy atom. The first-order valence-corrected chi connectivity index (χ1v) is 13.0. The first-order valence-electron chi connectivity index (χ1n) is 13.0. The summed E-state index contributed by atoms with van der Waals surface area (Å²) < 4.78 is 7.32. The summed E-state index contributed by atoms with van der Waals surface area (Å²) in [6.07, 6.45) is 7.65. The number of morpholine rings is 1. The zero-order valence-electron chi connectivity index (χ0n) is 21.9. The summed E-state index contributed by atoms with van der Waals surface area (Å²) in [6, 6.07) is 9.24. The summed E-state index contributed by atoms with van der Waals surface area (Å²) in [5, 5.41) is 9.68. The Bertz CT molecular complexity index is 1460. The summed E-state index contributed by atoms with van der Waals surface area (Å²) in [4.78, 5) is 35.9. The number of rotatable bonds is 5. The SMILES string of the molecule is CC1COCCN1c1nc(-c2ccc(NC(=O)Nc3cnn(C)c3)cc2)nc2c1CCN(c1ncccn1)C2. The molecule has 2 amide bonds. The van der Waals surface area contributed by atoms with Crippen LogP contribution in [0.1, 0.15) is 18.2 Å². The van der Waals surface area contributed by atoms with E-state index in [9.17, 15) is 4.79 Å². The lowest BCUT2D eigenvalue weighted by Gasteiger charge is -2.37. The van der Waals surface area contributed by atoms with E-state index < -0.39 is 0 Å². The van der Waals surface area contributed by atoms with E-state index in [2.05, 4.69) is 42.4 Å². The van der Waals surface area contributed by atoms with Gasteiger partial charge >= 0.3 is 6.03 Å². The molecule has 6 rings (SSSR count). The van der Waals surface area contributed by atoms with Gasteiger partial charge in [0.1, 0.15) is 5.82 Å². The van der Waals surface area contributed by atoms with Gasteiger partial charge in [-0.05, 0) is 43.7 Å². The molecule has 1 unspecified atom stereocenters. The summed E-state index contributed by atoms with van der Waals surface area (Å²) >= 11 is 0. The minimum absolute atomic E-state index is 0.214. The van der Waals surface area contributed by atoms with Crippen molar-refractivity contribution in [1.82, 2.24) is 29.7 Å². The van der Waals surface area contributed by atoms with Crippen molar-refractivity contribution < 1.29 is 9.53 Å². The molecule has 0 saturated carbocycles. The second-order valence-electron chi connectivity index (χ2n) is 9.69. The first-order chi connectivity index (χ1) is 19.0. The highest BCUT2D eigenvalue weighted by Crippen LogP contribution is 2.32. The van der Waals surface area contributed by atoms with Crippen molar-refractivity contribution in [3.63, 3.8) is 0 Å². The van der Waals surface area contributed by atoms with Gasteiger partial charge < -0.3 is 25.2 Å². The fraction of sp³-hybridized carbons (Fsp3) is 0.333. The monoisotopic (exact) mass is 526 g/mol. The van der Waals surface area contributed by atoms with E-state index >= 15 is 0 Å². The number of benzene rings is 1. The fourth-order valence-electron chi connectivity index (χ4n) is 4.93. The van der Waals surface area contributed by atoms with Gasteiger partial charge in [-0.15, -0.1) is 0 Å². The number of carbonyl (C=O) groups excluding carboxylic acids is 1. The maximum Gasteiger partial charge on any atom is 0.323 e. The number of fused-ring (bicyclic) bond motifs is 1. The van der Waals surface area contributed by atoms with Crippen molar-refractivity contribution in [2.24, 2.45) is 7.05 Å². The molecule has 5 heterocycles. The normalized spacial score (nSPS) is 17.0. The molecule has 200 valence electrons. The third-order valence-electron chi connectivity index (χ3n) is 6.88. The molecular weight excluding hydrogens is 496 g/mol. The number of anilines is 4. The molecule has 0 radical (unpaired) electrons. The lowest BCUT2D eigenvalue weighted by molar-refractivity contribution is 0.0984. The van der Waals surface area contributed by atoms with Gasteiger partial charge in [0.25, 0.3) is 0 Å². The van der Waals surface area contributed by atoms with Crippen molar-refractivity contribution in [2.45, 2.75) is 25.9 Å². The average Bonchev–Trinajstić information content (AvgIpc) is 3.37. The minimum Gasteiger partial charge on any atom is -0.377 e. The van der Waals surface area contributed by atoms with E-state index in [0.717, 1.165) is 36.6 Å². The third-order valence-corrected chi connectivity index (χ3v) is 6.88. The van der Waals surface area contributed by atoms with Crippen molar-refractivity contribution in [3.05, 3.63) is 66.4 Å². The van der Waals surface area contributed by atoms with Gasteiger partial charge in [0, 0.05) is 55.5 Å². The predicted octanol–water partition coefficient (Wildman–Crippen LogP) is 3.10. The van der Waals surface area contributed by atoms with Crippen LogP contribution in [0.15, 0.2) is 55.1 Å². The molecule has 2 aliphatic heterocycles. The number of carbonyl (C=O) groups is 1. The number of aryl methyl sites for hydroxylation is 1. The smallest absolute Gasteiger partial charge is 0.323 e. The largest absolute Gasteiger partial charge is 0.377 e. The van der Waals surface area contributed by atoms with Crippen LogP contribution in [-0.2, 0) is 24.8 Å². The highest BCUT2D eigenvalue weighted by Gasteiger charge is 2.29. The van der Waals surface area contributed by atoms with Gasteiger partial charge in [0.2, 0.25) is 5.95 Å². The average molecular weight is 527 g/mol. The lowest BCUT2D eigenvalue weighted by Crippen LogP contribution is -2.45. The summed E-state index contributed by atoms with van der Waals surface area (Å²) in [5.74, 6) is 2.31. The highest BCUT2D eigenvalue weighted by atomic mass is 16.5. The molecular formula is C27H30N10O2. The molecule has 12 nitrogen and oxygen atoms in total. The Hall–Kier alpha value is -4.58. The second kappa shape index (κ2) is 10.7. The van der Waals surface area contributed by atoms with Crippen molar-refractivity contribution in [3.8, 4) is 11.4 Å². The summed E-state index contributed by atoms with van der Waals surface area (Å²) in [6.45, 7) is 5.69. The molecule has 1 fully saturated rings. The van der Waals surface area contributed by atoms with Crippen LogP contribution in [0, 0.1) is 0 Å². The molecule has 0 bridgehead atoms. The molecule has 2 N–H and O–H groups in total. The summed E-state index contributed by atoms with van der Waals surface area (Å²) in [7, 11) is 1.79. The van der Waals surface area contributed by atoms with Gasteiger partial charge in [0.05, 0.1) is 43.4 Å². The number of aromatic nitrogens is 6. The van der Waals surface area contributed by atoms with Crippen molar-refractivity contribution >= 4 is 29.2 Å². The van der Waals surface area contributed by atoms with Gasteiger partial charge in [-0.2, -0.15) is 5.10 Å². The van der Waals surface area contributed by atoms with E-state index in [1.165, 1.54) is 5.56 Å². The van der Waals surface area contributed by atoms with E-state index in [0.29, 0.717) is 42.9 Å². The van der Waals surface area contributed by atoms with Gasteiger partial charge in [-0.25, -0.2) is 24.7 Å². The topological polar surface area (TPSA) is 126 Å². The number of hydrogen-bond donors (Lipinski definition) is 2. The number of urea groups is 1. The third kappa shape index (κ3) is 5.36. The number of hydrogen-bond acceptors (Lipinski definition) is 9. The molecule has 4 aromatic rings. The zero-order valence-corrected chi connectivity index (χ0v) is 21.9. The highest BCUT2D eigenvalue weighted by molar-refractivity contribution is 5.99. The standard InChI is InChI=1S/C27H30N10O2/c1-18-17-39-13-12-37(18)25-22-8-11-36(26-28-9-3-10-29-26)16-23(22)33-24(34-25)19-4-6-20(7-5-19)31-27(38)32-21-14-30-35(2)15-21/h3-7,9-10,14-15,18H,8,11-13,16-17H2,1-2H3,(H2,31,32,38). The molecule has 3 aromatic heterocycles. The molecule has 0 aliphatic carbocycles. The predicted molar refractivity (Wildman–Crippen MR) is 148 cm³/mol. The van der Waals surface area contributed by atoms with E-state index in [1.807, 2.05) is 30.3 Å². The Labute approximate surface area is 226 Å². The number of amides is 2. The Morgan fingerprint density at radius 1 is 1.05 bits per heavy atom. The minimum atomic E-state index is -0.340. The van der Waals surface area contributed by atoms with Crippen LogP contribution in [0.3, 0.4) is 0 Å². The van der Waals surface area contributed by atoms with E-state index in [1.54, 1.807) is 36.5 Å². The van der Waals surface area contributed by atoms with Crippen LogP contribution in [-0.4, -0.2) is 68.1 Å². The van der Waals surface area contributed by atoms with Crippen LogP contribution >= 0.6 is 0 Å². The number of nitrogens with one attached hydrogen (secondary N) is 2. The van der Waals surface area contributed by atoms with Crippen LogP contribution < -0.4 is 20.4 Å². The van der Waals surface area contributed by atoms with Gasteiger partial charge in [-0.1, -0.05) is 0 Å². The maximum absolute atomic E-state index is 12.4. The number of nitrogens with zero attached hydrogens (tertiary/aromatic N) is 8. The van der Waals surface area contributed by atoms with E-state index in [4.69, 9.17) is 14.7 Å². The second-order valence-corrected chi connectivity index (χ2v) is 9.69. The molecule has 1 saturated heterocycles. The molecule has 1 atom stereocenters. The van der Waals surface area contributed by atoms with Crippen LogP contribution in [0.25, 0.3) is 11.4 Å². The fourth-order valence-corrected chi connectivity index (χ4v) is 4.93. The lowest BCUT2D eigenvalue weighted by atomic mass is 10.0. The Balaban J connectivity index is 1.28. The van der Waals surface area contributed by atoms with Crippen LogP contribution in [0.5, 0.6) is 0 Å². The van der Waals surface area contributed by atoms with Crippen molar-refractivity contribution in [2.75, 3.05) is 46.7 Å². The van der Waals surface area contributed by atoms with Crippen molar-refractivity contribution in [1.29, 1.82) is 0 Å². The zero-order chi connectivity index (χ0) is 26.8. The molecule has 0 spiro atoms. The van der Waals surface area contributed by atoms with Crippen LogP contribution in [0.4, 0.5) is 27.9 Å². The molecule has 12 heteroatoms. The molecule has 39 heavy (non-hydrogen) atoms. The molecule has 1 aromatic carbocycles. The molecule has 2 aliphatic rings. The van der Waals surface area contributed by atoms with E-state index in [-0.39, 0.29) is 12.1 Å². The quantitative estimate of drug-likeness (QED) is 0.403. The Morgan fingerprint density at radius 2 is 1.85 bits per heavy atom. The number of ether oxygens (including phenoxy) is 1. The van der Waals surface area contributed by atoms with Gasteiger partial charge in [0.15, 0.2) is 5.82 Å².